The van der Waals surface area contributed by atoms with Crippen molar-refractivity contribution in [2.24, 2.45) is 5.10 Å². The maximum atomic E-state index is 12.6. The fraction of sp³-hybridized carbons (Fsp3) is 0.229. The molecule has 2 N–H and O–H groups in total. The van der Waals surface area contributed by atoms with Crippen molar-refractivity contribution in [2.75, 3.05) is 38.1 Å². The second-order valence-electron chi connectivity index (χ2n) is 10.7. The van der Waals surface area contributed by atoms with E-state index in [1.165, 1.54) is 11.1 Å². The van der Waals surface area contributed by atoms with Gasteiger partial charge in [-0.15, -0.1) is 0 Å². The van der Waals surface area contributed by atoms with E-state index in [1.54, 1.807) is 30.5 Å². The predicted octanol–water partition coefficient (Wildman–Crippen LogP) is 5.09. The Bertz CT molecular complexity index is 1500. The summed E-state index contributed by atoms with van der Waals surface area (Å²) in [6.45, 7) is 7.92. The first kappa shape index (κ1) is 29.7. The van der Waals surface area contributed by atoms with Crippen molar-refractivity contribution >= 4 is 23.7 Å². The van der Waals surface area contributed by atoms with Crippen LogP contribution in [0.4, 0.5) is 5.69 Å². The van der Waals surface area contributed by atoms with Crippen LogP contribution in [0, 0.1) is 6.92 Å². The van der Waals surface area contributed by atoms with Crippen molar-refractivity contribution in [1.29, 1.82) is 0 Å². The van der Waals surface area contributed by atoms with Crippen LogP contribution in [0.25, 0.3) is 0 Å². The molecule has 0 saturated carbocycles. The Morgan fingerprint density at radius 3 is 2.00 bits per heavy atom. The summed E-state index contributed by atoms with van der Waals surface area (Å²) in [4.78, 5) is 29.7. The molecule has 0 spiro atoms. The van der Waals surface area contributed by atoms with Gasteiger partial charge in [0.1, 0.15) is 5.75 Å². The highest BCUT2D eigenvalue weighted by molar-refractivity contribution is 5.95. The lowest BCUT2D eigenvalue weighted by Crippen LogP contribution is -2.45. The number of nitrogens with one attached hydrogen (secondary N) is 2. The van der Waals surface area contributed by atoms with Gasteiger partial charge in [-0.25, -0.2) is 5.43 Å². The number of aryl methyl sites for hydroxylation is 1. The minimum atomic E-state index is -0.267. The molecule has 4 aromatic rings. The van der Waals surface area contributed by atoms with Crippen molar-refractivity contribution in [3.05, 3.63) is 131 Å². The SMILES string of the molecule is Cc1ccc(NC(=O)COc2ccc(C=NNC(=O)c3ccc(CN4CCN(Cc5ccccc5)CC4)cc3)cc2)cc1. The average molecular weight is 576 g/mol. The standard InChI is InChI=1S/C35H37N5O3/c1-27-7-15-32(16-8-27)37-34(41)26-43-33-17-11-28(12-18-33)23-36-38-35(42)31-13-9-30(10-14-31)25-40-21-19-39(20-22-40)24-29-5-3-2-4-6-29/h2-18,23H,19-22,24-26H2,1H3,(H,37,41)(H,38,42). The second-order valence-corrected chi connectivity index (χ2v) is 10.7. The van der Waals surface area contributed by atoms with Gasteiger partial charge in [0, 0.05) is 50.5 Å². The van der Waals surface area contributed by atoms with Gasteiger partial charge in [0.05, 0.1) is 6.21 Å². The number of piperazine rings is 1. The fourth-order valence-corrected chi connectivity index (χ4v) is 4.83. The monoisotopic (exact) mass is 575 g/mol. The maximum Gasteiger partial charge on any atom is 0.271 e. The van der Waals surface area contributed by atoms with Crippen molar-refractivity contribution in [3.8, 4) is 5.75 Å². The Hall–Kier alpha value is -4.79. The summed E-state index contributed by atoms with van der Waals surface area (Å²) in [5.41, 5.74) is 8.33. The molecule has 1 aliphatic rings. The van der Waals surface area contributed by atoms with Gasteiger partial charge in [0.2, 0.25) is 0 Å². The van der Waals surface area contributed by atoms with Gasteiger partial charge in [0.25, 0.3) is 11.8 Å². The number of hydrogen-bond donors (Lipinski definition) is 2. The zero-order chi connectivity index (χ0) is 29.9. The van der Waals surface area contributed by atoms with Gasteiger partial charge in [-0.3, -0.25) is 19.4 Å². The van der Waals surface area contributed by atoms with Crippen LogP contribution in [-0.4, -0.2) is 60.6 Å². The van der Waals surface area contributed by atoms with Gasteiger partial charge >= 0.3 is 0 Å². The van der Waals surface area contributed by atoms with Crippen LogP contribution in [-0.2, 0) is 17.9 Å². The largest absolute Gasteiger partial charge is 0.484 e. The lowest BCUT2D eigenvalue weighted by atomic mass is 10.1. The average Bonchev–Trinajstić information content (AvgIpc) is 3.03. The number of ether oxygens (including phenoxy) is 1. The number of benzene rings is 4. The zero-order valence-electron chi connectivity index (χ0n) is 24.4. The minimum absolute atomic E-state index is 0.0957. The third-order valence-corrected chi connectivity index (χ3v) is 7.30. The molecule has 8 nitrogen and oxygen atoms in total. The van der Waals surface area contributed by atoms with E-state index in [0.29, 0.717) is 11.3 Å². The quantitative estimate of drug-likeness (QED) is 0.192. The summed E-state index contributed by atoms with van der Waals surface area (Å²) >= 11 is 0. The van der Waals surface area contributed by atoms with Crippen molar-refractivity contribution in [3.63, 3.8) is 0 Å². The first-order chi connectivity index (χ1) is 21.0. The normalized spacial score (nSPS) is 14.0. The molecular weight excluding hydrogens is 538 g/mol. The maximum absolute atomic E-state index is 12.6. The molecule has 0 unspecified atom stereocenters. The minimum Gasteiger partial charge on any atom is -0.484 e. The number of amides is 2. The predicted molar refractivity (Wildman–Crippen MR) is 170 cm³/mol. The van der Waals surface area contributed by atoms with Gasteiger partial charge in [-0.1, -0.05) is 60.2 Å². The molecule has 43 heavy (non-hydrogen) atoms. The number of anilines is 1. The van der Waals surface area contributed by atoms with Gasteiger partial charge in [0.15, 0.2) is 6.61 Å². The number of rotatable bonds is 11. The molecule has 0 aromatic heterocycles. The van der Waals surface area contributed by atoms with E-state index in [4.69, 9.17) is 4.74 Å². The summed E-state index contributed by atoms with van der Waals surface area (Å²) < 4.78 is 5.57. The molecule has 0 atom stereocenters. The van der Waals surface area contributed by atoms with Crippen molar-refractivity contribution in [1.82, 2.24) is 15.2 Å². The van der Waals surface area contributed by atoms with Gasteiger partial charge in [-0.2, -0.15) is 5.10 Å². The van der Waals surface area contributed by atoms with E-state index >= 15 is 0 Å². The first-order valence-electron chi connectivity index (χ1n) is 14.5. The van der Waals surface area contributed by atoms with E-state index in [0.717, 1.165) is 56.1 Å². The van der Waals surface area contributed by atoms with Crippen LogP contribution >= 0.6 is 0 Å². The zero-order valence-corrected chi connectivity index (χ0v) is 24.4. The summed E-state index contributed by atoms with van der Waals surface area (Å²) in [5.74, 6) is 0.0638. The van der Waals surface area contributed by atoms with Gasteiger partial charge < -0.3 is 10.1 Å². The first-order valence-corrected chi connectivity index (χ1v) is 14.5. The second kappa shape index (κ2) is 14.9. The number of nitrogens with zero attached hydrogens (tertiary/aromatic N) is 3. The number of carbonyl (C=O) groups is 2. The van der Waals surface area contributed by atoms with Crippen molar-refractivity contribution < 1.29 is 14.3 Å². The van der Waals surface area contributed by atoms with Gasteiger partial charge in [-0.05, 0) is 72.1 Å². The van der Waals surface area contributed by atoms with Crippen LogP contribution in [0.3, 0.4) is 0 Å². The Morgan fingerprint density at radius 1 is 0.767 bits per heavy atom. The molecule has 220 valence electrons. The fourth-order valence-electron chi connectivity index (χ4n) is 4.83. The summed E-state index contributed by atoms with van der Waals surface area (Å²) in [6.07, 6.45) is 1.57. The van der Waals surface area contributed by atoms with E-state index in [2.05, 4.69) is 56.0 Å². The van der Waals surface area contributed by atoms with E-state index < -0.39 is 0 Å². The topological polar surface area (TPSA) is 86.3 Å². The molecule has 8 heteroatoms. The molecular formula is C35H37N5O3. The number of hydrazone groups is 1. The smallest absolute Gasteiger partial charge is 0.271 e. The molecule has 4 aromatic carbocycles. The van der Waals surface area contributed by atoms with Crippen LogP contribution in [0.2, 0.25) is 0 Å². The molecule has 0 radical (unpaired) electrons. The summed E-state index contributed by atoms with van der Waals surface area (Å²) in [5, 5.41) is 6.89. The highest BCUT2D eigenvalue weighted by Gasteiger charge is 2.17. The highest BCUT2D eigenvalue weighted by atomic mass is 16.5. The van der Waals surface area contributed by atoms with Crippen LogP contribution in [0.15, 0.2) is 108 Å². The summed E-state index contributed by atoms with van der Waals surface area (Å²) in [7, 11) is 0. The molecule has 1 aliphatic heterocycles. The molecule has 2 amide bonds. The van der Waals surface area contributed by atoms with Crippen LogP contribution in [0.5, 0.6) is 5.75 Å². The Morgan fingerprint density at radius 2 is 1.37 bits per heavy atom. The highest BCUT2D eigenvalue weighted by Crippen LogP contribution is 2.14. The molecule has 1 fully saturated rings. The lowest BCUT2D eigenvalue weighted by Gasteiger charge is -2.34. The molecule has 1 saturated heterocycles. The number of carbonyl (C=O) groups excluding carboxylic acids is 2. The van der Waals surface area contributed by atoms with E-state index in [1.807, 2.05) is 55.5 Å². The molecule has 0 aliphatic carbocycles. The summed E-state index contributed by atoms with van der Waals surface area (Å²) in [6, 6.07) is 33.0. The number of hydrogen-bond acceptors (Lipinski definition) is 6. The van der Waals surface area contributed by atoms with E-state index in [9.17, 15) is 9.59 Å². The van der Waals surface area contributed by atoms with Crippen LogP contribution in [0.1, 0.15) is 32.6 Å². The molecule has 1 heterocycles. The molecule has 5 rings (SSSR count). The Kier molecular flexibility index (Phi) is 10.3. The Labute approximate surface area is 253 Å². The van der Waals surface area contributed by atoms with E-state index in [-0.39, 0.29) is 18.4 Å². The van der Waals surface area contributed by atoms with Crippen LogP contribution < -0.4 is 15.5 Å². The lowest BCUT2D eigenvalue weighted by molar-refractivity contribution is -0.118. The Balaban J connectivity index is 1.01. The third-order valence-electron chi connectivity index (χ3n) is 7.30. The van der Waals surface area contributed by atoms with Crippen molar-refractivity contribution in [2.45, 2.75) is 20.0 Å². The third kappa shape index (κ3) is 9.36. The molecule has 0 bridgehead atoms.